The highest BCUT2D eigenvalue weighted by Crippen LogP contribution is 2.24. The Balaban J connectivity index is 2.75. The topological polar surface area (TPSA) is 35.5 Å². The van der Waals surface area contributed by atoms with Crippen LogP contribution in [-0.4, -0.2) is 16.6 Å². The summed E-state index contributed by atoms with van der Waals surface area (Å²) < 4.78 is 35.4. The van der Waals surface area contributed by atoms with Crippen LogP contribution in [0.4, 0.5) is 13.2 Å². The smallest absolute Gasteiger partial charge is 0.270 e. The molecule has 6 heteroatoms. The highest BCUT2D eigenvalue weighted by Gasteiger charge is 2.35. The van der Waals surface area contributed by atoms with Gasteiger partial charge in [0.05, 0.1) is 6.20 Å². The summed E-state index contributed by atoms with van der Waals surface area (Å²) in [6.07, 6.45) is -1.49. The number of allylic oxidation sites excluding steroid dienone is 3. The summed E-state index contributed by atoms with van der Waals surface area (Å²) in [6, 6.07) is 0. The fraction of sp³-hybridized carbons (Fsp3) is 0.200. The first-order valence-electron chi connectivity index (χ1n) is 2.70. The predicted molar refractivity (Wildman–Crippen MR) is 30.0 cm³/mol. The van der Waals surface area contributed by atoms with Crippen molar-refractivity contribution in [3.8, 4) is 0 Å². The lowest BCUT2D eigenvalue weighted by Gasteiger charge is -2.21. The molecule has 3 nitrogen and oxygen atoms in total. The Morgan fingerprint density at radius 2 is 2.09 bits per heavy atom. The average molecular weight is 166 g/mol. The highest BCUT2D eigenvalue weighted by molar-refractivity contribution is 5.17. The van der Waals surface area contributed by atoms with E-state index in [1.807, 2.05) is 0 Å². The van der Waals surface area contributed by atoms with Gasteiger partial charge in [-0.2, -0.15) is 18.3 Å². The van der Waals surface area contributed by atoms with Crippen LogP contribution in [0.25, 0.3) is 0 Å². The molecular formula is C5H5F3N2O. The fourth-order valence-corrected chi connectivity index (χ4v) is 0.577. The predicted octanol–water partition coefficient (Wildman–Crippen LogP) is 1.16. The van der Waals surface area contributed by atoms with E-state index >= 15 is 0 Å². The van der Waals surface area contributed by atoms with E-state index in [-0.39, 0.29) is 5.17 Å². The van der Waals surface area contributed by atoms with Crippen LogP contribution < -0.4 is 5.43 Å². The van der Waals surface area contributed by atoms with E-state index in [4.69, 9.17) is 5.21 Å². The first kappa shape index (κ1) is 7.93. The van der Waals surface area contributed by atoms with Crippen LogP contribution in [-0.2, 0) is 0 Å². The molecule has 0 bridgehead atoms. The van der Waals surface area contributed by atoms with E-state index in [1.165, 1.54) is 0 Å². The minimum atomic E-state index is -4.45. The number of halogens is 3. The van der Waals surface area contributed by atoms with Gasteiger partial charge in [-0.05, 0) is 12.2 Å². The lowest BCUT2D eigenvalue weighted by Crippen LogP contribution is -2.37. The van der Waals surface area contributed by atoms with Crippen LogP contribution in [0.2, 0.25) is 0 Å². The van der Waals surface area contributed by atoms with Gasteiger partial charge in [0.25, 0.3) is 0 Å². The Morgan fingerprint density at radius 1 is 1.45 bits per heavy atom. The summed E-state index contributed by atoms with van der Waals surface area (Å²) in [5.41, 5.74) is 0.697. The molecule has 0 spiro atoms. The summed E-state index contributed by atoms with van der Waals surface area (Å²) in [5.74, 6) is 0. The number of nitrogens with zero attached hydrogens (tertiary/aromatic N) is 1. The molecule has 0 aromatic heterocycles. The first-order valence-corrected chi connectivity index (χ1v) is 2.70. The molecule has 62 valence electrons. The number of hydrazine groups is 1. The highest BCUT2D eigenvalue weighted by atomic mass is 19.4. The van der Waals surface area contributed by atoms with Crippen LogP contribution >= 0.6 is 0 Å². The summed E-state index contributed by atoms with van der Waals surface area (Å²) in [7, 11) is 0. The molecule has 0 saturated heterocycles. The maximum absolute atomic E-state index is 11.8. The number of alkyl halides is 3. The van der Waals surface area contributed by atoms with E-state index in [2.05, 4.69) is 0 Å². The minimum Gasteiger partial charge on any atom is -0.270 e. The van der Waals surface area contributed by atoms with Crippen molar-refractivity contribution >= 4 is 0 Å². The van der Waals surface area contributed by atoms with Crippen molar-refractivity contribution in [2.45, 2.75) is 6.18 Å². The summed E-state index contributed by atoms with van der Waals surface area (Å²) in [4.78, 5) is 0. The Labute approximate surface area is 60.3 Å². The number of hydroxylamine groups is 1. The second-order valence-corrected chi connectivity index (χ2v) is 1.88. The van der Waals surface area contributed by atoms with Crippen molar-refractivity contribution in [2.24, 2.45) is 0 Å². The van der Waals surface area contributed by atoms with Crippen molar-refractivity contribution in [1.82, 2.24) is 10.6 Å². The molecule has 0 aromatic carbocycles. The lowest BCUT2D eigenvalue weighted by molar-refractivity contribution is -0.137. The molecule has 2 N–H and O–H groups in total. The number of rotatable bonds is 0. The van der Waals surface area contributed by atoms with E-state index in [1.54, 1.807) is 5.43 Å². The molecule has 1 aliphatic rings. The van der Waals surface area contributed by atoms with Crippen molar-refractivity contribution < 1.29 is 18.4 Å². The summed E-state index contributed by atoms with van der Waals surface area (Å²) in [5, 5.41) is 8.78. The summed E-state index contributed by atoms with van der Waals surface area (Å²) >= 11 is 0. The van der Waals surface area contributed by atoms with E-state index in [9.17, 15) is 13.2 Å². The maximum atomic E-state index is 11.8. The van der Waals surface area contributed by atoms with Gasteiger partial charge >= 0.3 is 6.18 Å². The van der Waals surface area contributed by atoms with Crippen LogP contribution in [0.3, 0.4) is 0 Å². The number of hydrogen-bond donors (Lipinski definition) is 2. The van der Waals surface area contributed by atoms with Gasteiger partial charge in [-0.1, -0.05) is 0 Å². The summed E-state index contributed by atoms with van der Waals surface area (Å²) in [6.45, 7) is 0. The third-order valence-electron chi connectivity index (χ3n) is 1.03. The standard InChI is InChI=1S/C5H5F3N2O/c6-5(7,8)4-2-1-3-10(11)9-4/h1-3,9,11H. The maximum Gasteiger partial charge on any atom is 0.432 e. The molecule has 0 amide bonds. The zero-order valence-electron chi connectivity index (χ0n) is 5.26. The second kappa shape index (κ2) is 2.46. The van der Waals surface area contributed by atoms with Crippen molar-refractivity contribution in [3.63, 3.8) is 0 Å². The third kappa shape index (κ3) is 1.87. The molecule has 0 atom stereocenters. The Bertz CT molecular complexity index is 208. The lowest BCUT2D eigenvalue weighted by atomic mass is 10.3. The molecule has 0 radical (unpaired) electrons. The Morgan fingerprint density at radius 3 is 2.45 bits per heavy atom. The SMILES string of the molecule is ON1C=CC=C(C(F)(F)F)N1. The molecule has 0 saturated carbocycles. The molecule has 0 aromatic rings. The van der Waals surface area contributed by atoms with Crippen molar-refractivity contribution in [3.05, 3.63) is 24.0 Å². The average Bonchev–Trinajstić information content (AvgIpc) is 1.86. The van der Waals surface area contributed by atoms with Crippen LogP contribution in [0.15, 0.2) is 24.0 Å². The molecular weight excluding hydrogens is 161 g/mol. The molecule has 0 fully saturated rings. The number of nitrogens with one attached hydrogen (secondary N) is 1. The molecule has 0 unspecified atom stereocenters. The van der Waals surface area contributed by atoms with Gasteiger partial charge in [0.1, 0.15) is 5.70 Å². The van der Waals surface area contributed by atoms with E-state index in [0.717, 1.165) is 18.4 Å². The van der Waals surface area contributed by atoms with Gasteiger partial charge in [-0.25, -0.2) is 0 Å². The molecule has 0 aliphatic carbocycles. The van der Waals surface area contributed by atoms with Gasteiger partial charge in [0, 0.05) is 0 Å². The van der Waals surface area contributed by atoms with Gasteiger partial charge in [-0.3, -0.25) is 10.6 Å². The second-order valence-electron chi connectivity index (χ2n) is 1.88. The van der Waals surface area contributed by atoms with E-state index < -0.39 is 11.9 Å². The van der Waals surface area contributed by atoms with Crippen LogP contribution in [0.5, 0.6) is 0 Å². The van der Waals surface area contributed by atoms with Gasteiger partial charge in [0.2, 0.25) is 0 Å². The molecule has 11 heavy (non-hydrogen) atoms. The minimum absolute atomic E-state index is 0.239. The molecule has 1 heterocycles. The van der Waals surface area contributed by atoms with Crippen molar-refractivity contribution in [1.29, 1.82) is 0 Å². The molecule has 1 rings (SSSR count). The largest absolute Gasteiger partial charge is 0.432 e. The van der Waals surface area contributed by atoms with Gasteiger partial charge in [-0.15, -0.1) is 0 Å². The third-order valence-corrected chi connectivity index (χ3v) is 1.03. The van der Waals surface area contributed by atoms with Gasteiger partial charge < -0.3 is 0 Å². The zero-order chi connectivity index (χ0) is 8.48. The Hall–Kier alpha value is -1.17. The zero-order valence-corrected chi connectivity index (χ0v) is 5.26. The number of hydrogen-bond acceptors (Lipinski definition) is 3. The molecule has 1 aliphatic heterocycles. The first-order chi connectivity index (χ1) is 5.00. The Kier molecular flexibility index (Phi) is 1.77. The monoisotopic (exact) mass is 166 g/mol. The normalized spacial score (nSPS) is 17.8. The van der Waals surface area contributed by atoms with Crippen molar-refractivity contribution in [2.75, 3.05) is 0 Å². The van der Waals surface area contributed by atoms with E-state index in [0.29, 0.717) is 0 Å². The van der Waals surface area contributed by atoms with Crippen LogP contribution in [0.1, 0.15) is 0 Å². The fourth-order valence-electron chi connectivity index (χ4n) is 0.577. The van der Waals surface area contributed by atoms with Crippen LogP contribution in [0, 0.1) is 0 Å². The van der Waals surface area contributed by atoms with Gasteiger partial charge in [0.15, 0.2) is 0 Å². The quantitative estimate of drug-likeness (QED) is 0.566.